The van der Waals surface area contributed by atoms with Crippen LogP contribution in [0, 0.1) is 0 Å². The zero-order valence-corrected chi connectivity index (χ0v) is 20.0. The Morgan fingerprint density at radius 2 is 1.55 bits per heavy atom. The van der Waals surface area contributed by atoms with E-state index in [1.54, 1.807) is 27.7 Å². The van der Waals surface area contributed by atoms with Crippen LogP contribution in [0.25, 0.3) is 0 Å². The minimum Gasteiger partial charge on any atom is -0.455 e. The first-order chi connectivity index (χ1) is 13.0. The Balaban J connectivity index is 1.75. The molecule has 9 heteroatoms. The summed E-state index contributed by atoms with van der Waals surface area (Å²) in [7, 11) is -2.05. The van der Waals surface area contributed by atoms with Gasteiger partial charge in [-0.15, -0.1) is 0 Å². The van der Waals surface area contributed by atoms with Crippen LogP contribution in [0.2, 0.25) is 18.1 Å². The molecular formula is C20H36O8Si. The van der Waals surface area contributed by atoms with Gasteiger partial charge in [0, 0.05) is 0 Å². The molecule has 3 heterocycles. The van der Waals surface area contributed by atoms with E-state index in [9.17, 15) is 9.90 Å². The Kier molecular flexibility index (Phi) is 5.78. The Morgan fingerprint density at radius 3 is 2.14 bits per heavy atom. The molecular weight excluding hydrogens is 396 g/mol. The lowest BCUT2D eigenvalue weighted by Crippen LogP contribution is -2.50. The second-order valence-corrected chi connectivity index (χ2v) is 15.4. The number of cyclic esters (lactones) is 1. The zero-order chi connectivity index (χ0) is 22.0. The average Bonchev–Trinajstić information content (AvgIpc) is 3.13. The summed E-state index contributed by atoms with van der Waals surface area (Å²) in [6.45, 7) is 17.9. The number of rotatable bonds is 5. The summed E-state index contributed by atoms with van der Waals surface area (Å²) in [6.07, 6.45) is -4.51. The molecule has 0 aromatic carbocycles. The number of esters is 1. The molecule has 1 N–H and O–H groups in total. The minimum atomic E-state index is -2.05. The molecule has 0 spiro atoms. The molecule has 0 bridgehead atoms. The van der Waals surface area contributed by atoms with Gasteiger partial charge < -0.3 is 33.2 Å². The molecule has 0 aromatic rings. The summed E-state index contributed by atoms with van der Waals surface area (Å²) in [6, 6.07) is 0. The van der Waals surface area contributed by atoms with Crippen molar-refractivity contribution in [1.29, 1.82) is 0 Å². The molecule has 3 saturated heterocycles. The molecule has 0 aromatic heterocycles. The van der Waals surface area contributed by atoms with Gasteiger partial charge in [-0.3, -0.25) is 0 Å². The van der Waals surface area contributed by atoms with Gasteiger partial charge in [-0.05, 0) is 45.8 Å². The fourth-order valence-corrected chi connectivity index (χ4v) is 4.73. The lowest BCUT2D eigenvalue weighted by Gasteiger charge is -2.37. The van der Waals surface area contributed by atoms with Gasteiger partial charge in [-0.1, -0.05) is 20.8 Å². The van der Waals surface area contributed by atoms with E-state index >= 15 is 0 Å². The standard InChI is InChI=1S/C20H36O8Si/c1-18(2,3)29(8,9)23-10-11(21)12-14(26-19(4,5)25-12)13-15-16(17(22)24-13)28-20(6,7)27-15/h11-16,21H,10H2,1-9H3/t11-,12+,13-,14+,15-,16-/m1/s1. The molecule has 6 atom stereocenters. The van der Waals surface area contributed by atoms with E-state index in [0.29, 0.717) is 0 Å². The first kappa shape index (κ1) is 23.1. The Labute approximate surface area is 174 Å². The molecule has 0 aliphatic carbocycles. The number of hydrogen-bond acceptors (Lipinski definition) is 8. The Hall–Kier alpha value is -0.553. The van der Waals surface area contributed by atoms with Crippen LogP contribution in [0.5, 0.6) is 0 Å². The van der Waals surface area contributed by atoms with Gasteiger partial charge in [0.25, 0.3) is 0 Å². The largest absolute Gasteiger partial charge is 0.455 e. The van der Waals surface area contributed by atoms with Crippen LogP contribution in [-0.4, -0.2) is 74.2 Å². The fraction of sp³-hybridized carbons (Fsp3) is 0.950. The highest BCUT2D eigenvalue weighted by molar-refractivity contribution is 6.74. The molecule has 3 fully saturated rings. The third kappa shape index (κ3) is 4.56. The van der Waals surface area contributed by atoms with Crippen LogP contribution in [-0.2, 0) is 32.9 Å². The maximum atomic E-state index is 12.3. The second-order valence-electron chi connectivity index (χ2n) is 10.6. The van der Waals surface area contributed by atoms with Gasteiger partial charge >= 0.3 is 5.97 Å². The summed E-state index contributed by atoms with van der Waals surface area (Å²) >= 11 is 0. The van der Waals surface area contributed by atoms with Gasteiger partial charge in [0.15, 0.2) is 32.1 Å². The molecule has 168 valence electrons. The van der Waals surface area contributed by atoms with Crippen LogP contribution in [0.15, 0.2) is 0 Å². The number of aliphatic hydroxyl groups is 1. The predicted octanol–water partition coefficient (Wildman–Crippen LogP) is 2.33. The van der Waals surface area contributed by atoms with Crippen molar-refractivity contribution in [1.82, 2.24) is 0 Å². The zero-order valence-electron chi connectivity index (χ0n) is 19.0. The number of ether oxygens (including phenoxy) is 5. The van der Waals surface area contributed by atoms with Crippen LogP contribution in [0.4, 0.5) is 0 Å². The van der Waals surface area contributed by atoms with Gasteiger partial charge in [0.2, 0.25) is 0 Å². The first-order valence-corrected chi connectivity index (χ1v) is 13.2. The number of fused-ring (bicyclic) bond motifs is 1. The van der Waals surface area contributed by atoms with E-state index in [1.165, 1.54) is 0 Å². The maximum absolute atomic E-state index is 12.3. The normalized spacial score (nSPS) is 37.4. The molecule has 0 saturated carbocycles. The maximum Gasteiger partial charge on any atom is 0.338 e. The van der Waals surface area contributed by atoms with Crippen molar-refractivity contribution >= 4 is 14.3 Å². The molecule has 0 unspecified atom stereocenters. The van der Waals surface area contributed by atoms with E-state index in [-0.39, 0.29) is 11.6 Å². The van der Waals surface area contributed by atoms with E-state index in [0.717, 1.165) is 0 Å². The van der Waals surface area contributed by atoms with Gasteiger partial charge in [0.1, 0.15) is 24.4 Å². The highest BCUT2D eigenvalue weighted by Crippen LogP contribution is 2.43. The highest BCUT2D eigenvalue weighted by atomic mass is 28.4. The summed E-state index contributed by atoms with van der Waals surface area (Å²) in [4.78, 5) is 12.3. The van der Waals surface area contributed by atoms with Gasteiger partial charge in [0.05, 0.1) is 6.61 Å². The minimum absolute atomic E-state index is 0.0211. The first-order valence-electron chi connectivity index (χ1n) is 10.3. The number of aliphatic hydroxyl groups excluding tert-OH is 1. The van der Waals surface area contributed by atoms with E-state index < -0.39 is 62.5 Å². The molecule has 8 nitrogen and oxygen atoms in total. The van der Waals surface area contributed by atoms with E-state index in [4.69, 9.17) is 28.1 Å². The second kappa shape index (κ2) is 7.25. The fourth-order valence-electron chi connectivity index (χ4n) is 3.71. The Morgan fingerprint density at radius 1 is 1.00 bits per heavy atom. The van der Waals surface area contributed by atoms with Crippen LogP contribution in [0.1, 0.15) is 48.5 Å². The molecule has 3 rings (SSSR count). The van der Waals surface area contributed by atoms with Gasteiger partial charge in [-0.25, -0.2) is 4.79 Å². The van der Waals surface area contributed by atoms with Crippen molar-refractivity contribution in [3.63, 3.8) is 0 Å². The quantitative estimate of drug-likeness (QED) is 0.523. The van der Waals surface area contributed by atoms with E-state index in [2.05, 4.69) is 33.9 Å². The summed E-state index contributed by atoms with van der Waals surface area (Å²) in [5.41, 5.74) is 0. The monoisotopic (exact) mass is 432 g/mol. The van der Waals surface area contributed by atoms with Crippen LogP contribution >= 0.6 is 0 Å². The van der Waals surface area contributed by atoms with E-state index in [1.807, 2.05) is 0 Å². The van der Waals surface area contributed by atoms with Crippen molar-refractivity contribution in [2.45, 2.75) is 115 Å². The number of hydrogen-bond donors (Lipinski definition) is 1. The highest BCUT2D eigenvalue weighted by Gasteiger charge is 2.62. The number of carbonyl (C=O) groups is 1. The predicted molar refractivity (Wildman–Crippen MR) is 107 cm³/mol. The van der Waals surface area contributed by atoms with Crippen molar-refractivity contribution < 1.29 is 38.0 Å². The molecule has 0 radical (unpaired) electrons. The third-order valence-electron chi connectivity index (χ3n) is 6.23. The average molecular weight is 433 g/mol. The molecule has 3 aliphatic rings. The molecule has 29 heavy (non-hydrogen) atoms. The molecule has 0 amide bonds. The Bertz CT molecular complexity index is 641. The SMILES string of the molecule is CC1(C)O[C@H]([C@H]2OC(=O)[C@@H]3OC(C)(C)O[C@H]23)[C@H]([C@H](O)CO[Si](C)(C)C(C)(C)C)O1. The molecule has 3 aliphatic heterocycles. The summed E-state index contributed by atoms with van der Waals surface area (Å²) in [5.74, 6) is -2.31. The van der Waals surface area contributed by atoms with Gasteiger partial charge in [-0.2, -0.15) is 0 Å². The van der Waals surface area contributed by atoms with Crippen LogP contribution < -0.4 is 0 Å². The van der Waals surface area contributed by atoms with Crippen molar-refractivity contribution in [3.05, 3.63) is 0 Å². The van der Waals surface area contributed by atoms with Crippen molar-refractivity contribution in [2.75, 3.05) is 6.61 Å². The number of carbonyl (C=O) groups excluding carboxylic acids is 1. The lowest BCUT2D eigenvalue weighted by atomic mass is 9.98. The van der Waals surface area contributed by atoms with Crippen molar-refractivity contribution in [2.24, 2.45) is 0 Å². The summed E-state index contributed by atoms with van der Waals surface area (Å²) in [5, 5.41) is 11.0. The smallest absolute Gasteiger partial charge is 0.338 e. The summed E-state index contributed by atoms with van der Waals surface area (Å²) < 4.78 is 35.4. The van der Waals surface area contributed by atoms with Crippen molar-refractivity contribution in [3.8, 4) is 0 Å². The van der Waals surface area contributed by atoms with Crippen LogP contribution in [0.3, 0.4) is 0 Å². The lowest BCUT2D eigenvalue weighted by molar-refractivity contribution is -0.201. The third-order valence-corrected chi connectivity index (χ3v) is 10.7. The topological polar surface area (TPSA) is 92.7 Å².